The van der Waals surface area contributed by atoms with E-state index in [2.05, 4.69) is 15.3 Å². The number of thioether (sulfide) groups is 1. The molecule has 1 amide bonds. The number of nitrogens with zero attached hydrogens (tertiary/aromatic N) is 5. The Hall–Kier alpha value is -4.52. The molecule has 4 aromatic rings. The number of hydrogen-bond donors (Lipinski definition) is 1. The zero-order chi connectivity index (χ0) is 26.7. The minimum Gasteiger partial charge on any atom is -0.494 e. The molecule has 0 aliphatic rings. The number of rotatable bonds is 8. The van der Waals surface area contributed by atoms with E-state index in [-0.39, 0.29) is 39.2 Å². The van der Waals surface area contributed by atoms with Crippen LogP contribution in [0.5, 0.6) is 5.75 Å². The van der Waals surface area contributed by atoms with Crippen molar-refractivity contribution in [3.8, 4) is 17.1 Å². The molecule has 0 unspecified atom stereocenters. The Kier molecular flexibility index (Phi) is 7.34. The number of carbonyl (C=O) groups is 1. The van der Waals surface area contributed by atoms with E-state index in [1.165, 1.54) is 42.9 Å². The number of amides is 1. The van der Waals surface area contributed by atoms with E-state index in [0.29, 0.717) is 23.6 Å². The predicted molar refractivity (Wildman–Crippen MR) is 139 cm³/mol. The third kappa shape index (κ3) is 5.35. The number of aromatic nitrogens is 4. The first-order valence-corrected chi connectivity index (χ1v) is 12.1. The van der Waals surface area contributed by atoms with Crippen molar-refractivity contribution in [2.75, 3.05) is 17.7 Å². The number of anilines is 1. The molecule has 2 heterocycles. The van der Waals surface area contributed by atoms with Gasteiger partial charge in [-0.2, -0.15) is 0 Å². The number of aryl methyl sites for hydroxylation is 1. The summed E-state index contributed by atoms with van der Waals surface area (Å²) in [5, 5.41) is 14.1. The summed E-state index contributed by atoms with van der Waals surface area (Å²) < 4.78 is 7.56. The average Bonchev–Trinajstić information content (AvgIpc) is 2.90. The maximum Gasteiger partial charge on any atom is 0.332 e. The third-order valence-corrected chi connectivity index (χ3v) is 6.37. The third-order valence-electron chi connectivity index (χ3n) is 5.39. The smallest absolute Gasteiger partial charge is 0.332 e. The molecule has 4 rings (SSSR count). The number of ether oxygens (including phenoxy) is 1. The standard InChI is InChI=1S/C24H22N6O6S/c1-4-36-17-11-7-15(8-12-17)25-18(31)13-37-22-19-21(28(2)24(33)29(3)23(19)32)26-20(27-22)14-5-9-16(10-6-14)30(34)35/h5-12H,4,13H2,1-3H3,(H,25,31). The number of nitro groups is 1. The maximum absolute atomic E-state index is 13.0. The van der Waals surface area contributed by atoms with E-state index in [1.807, 2.05) is 6.92 Å². The fourth-order valence-corrected chi connectivity index (χ4v) is 4.34. The lowest BCUT2D eigenvalue weighted by Gasteiger charge is -2.12. The molecule has 0 saturated heterocycles. The van der Waals surface area contributed by atoms with Gasteiger partial charge in [0.15, 0.2) is 11.5 Å². The second-order valence-corrected chi connectivity index (χ2v) is 8.82. The van der Waals surface area contributed by atoms with Crippen LogP contribution in [0.4, 0.5) is 11.4 Å². The van der Waals surface area contributed by atoms with Gasteiger partial charge in [-0.05, 0) is 43.3 Å². The summed E-state index contributed by atoms with van der Waals surface area (Å²) in [6.07, 6.45) is 0. The van der Waals surface area contributed by atoms with Crippen LogP contribution in [0.2, 0.25) is 0 Å². The first kappa shape index (κ1) is 25.6. The normalized spacial score (nSPS) is 10.9. The topological polar surface area (TPSA) is 151 Å². The summed E-state index contributed by atoms with van der Waals surface area (Å²) in [5.74, 6) is 0.424. The summed E-state index contributed by atoms with van der Waals surface area (Å²) >= 11 is 1.02. The molecule has 0 atom stereocenters. The fraction of sp³-hybridized carbons (Fsp3) is 0.208. The molecule has 37 heavy (non-hydrogen) atoms. The highest BCUT2D eigenvalue weighted by Crippen LogP contribution is 2.27. The SMILES string of the molecule is CCOc1ccc(NC(=O)CSc2nc(-c3ccc([N+](=O)[O-])cc3)nc3c2c(=O)n(C)c(=O)n3C)cc1. The van der Waals surface area contributed by atoms with Crippen LogP contribution in [0.3, 0.4) is 0 Å². The van der Waals surface area contributed by atoms with Crippen LogP contribution in [-0.4, -0.2) is 42.3 Å². The Balaban J connectivity index is 1.69. The molecule has 0 saturated carbocycles. The minimum absolute atomic E-state index is 0.0784. The van der Waals surface area contributed by atoms with Gasteiger partial charge in [0, 0.05) is 37.5 Å². The van der Waals surface area contributed by atoms with E-state index in [1.54, 1.807) is 24.3 Å². The van der Waals surface area contributed by atoms with Crippen molar-refractivity contribution in [1.29, 1.82) is 0 Å². The van der Waals surface area contributed by atoms with Crippen molar-refractivity contribution < 1.29 is 14.5 Å². The lowest BCUT2D eigenvalue weighted by atomic mass is 10.2. The number of nitro benzene ring substituents is 1. The molecule has 0 fully saturated rings. The van der Waals surface area contributed by atoms with E-state index in [0.717, 1.165) is 16.3 Å². The summed E-state index contributed by atoms with van der Waals surface area (Å²) in [7, 11) is 2.82. The molecule has 0 aliphatic carbocycles. The van der Waals surface area contributed by atoms with Crippen molar-refractivity contribution in [2.24, 2.45) is 14.1 Å². The Labute approximate surface area is 214 Å². The lowest BCUT2D eigenvalue weighted by Crippen LogP contribution is -2.37. The second kappa shape index (κ2) is 10.6. The molecular weight excluding hydrogens is 500 g/mol. The molecule has 0 radical (unpaired) electrons. The van der Waals surface area contributed by atoms with Crippen molar-refractivity contribution in [3.05, 3.63) is 79.5 Å². The molecule has 0 bridgehead atoms. The minimum atomic E-state index is -0.595. The molecule has 1 N–H and O–H groups in total. The molecule has 190 valence electrons. The van der Waals surface area contributed by atoms with Crippen LogP contribution in [0.1, 0.15) is 6.92 Å². The average molecular weight is 523 g/mol. The Morgan fingerprint density at radius 1 is 1.05 bits per heavy atom. The van der Waals surface area contributed by atoms with Gasteiger partial charge in [0.05, 0.1) is 17.3 Å². The van der Waals surface area contributed by atoms with Crippen molar-refractivity contribution in [1.82, 2.24) is 19.1 Å². The number of nitrogens with one attached hydrogen (secondary N) is 1. The highest BCUT2D eigenvalue weighted by molar-refractivity contribution is 8.00. The summed E-state index contributed by atoms with van der Waals surface area (Å²) in [6, 6.07) is 12.5. The Bertz CT molecular complexity index is 1610. The van der Waals surface area contributed by atoms with Gasteiger partial charge >= 0.3 is 5.69 Å². The van der Waals surface area contributed by atoms with E-state index in [9.17, 15) is 24.5 Å². The van der Waals surface area contributed by atoms with Gasteiger partial charge in [0.1, 0.15) is 16.2 Å². The van der Waals surface area contributed by atoms with Gasteiger partial charge in [0.2, 0.25) is 5.91 Å². The molecule has 12 nitrogen and oxygen atoms in total. The summed E-state index contributed by atoms with van der Waals surface area (Å²) in [6.45, 7) is 2.41. The van der Waals surface area contributed by atoms with Gasteiger partial charge < -0.3 is 10.1 Å². The van der Waals surface area contributed by atoms with Gasteiger partial charge in [0.25, 0.3) is 11.2 Å². The Morgan fingerprint density at radius 2 is 1.73 bits per heavy atom. The quantitative estimate of drug-likeness (QED) is 0.159. The van der Waals surface area contributed by atoms with Crippen molar-refractivity contribution in [3.63, 3.8) is 0 Å². The second-order valence-electron chi connectivity index (χ2n) is 7.85. The molecular formula is C24H22N6O6S. The lowest BCUT2D eigenvalue weighted by molar-refractivity contribution is -0.384. The van der Waals surface area contributed by atoms with Gasteiger partial charge in [-0.15, -0.1) is 0 Å². The number of hydrogen-bond acceptors (Lipinski definition) is 9. The van der Waals surface area contributed by atoms with Crippen LogP contribution in [0.15, 0.2) is 63.1 Å². The first-order chi connectivity index (χ1) is 17.7. The summed E-state index contributed by atoms with van der Waals surface area (Å²) in [4.78, 5) is 57.5. The maximum atomic E-state index is 13.0. The van der Waals surface area contributed by atoms with E-state index >= 15 is 0 Å². The largest absolute Gasteiger partial charge is 0.494 e. The highest BCUT2D eigenvalue weighted by Gasteiger charge is 2.19. The molecule has 0 aliphatic heterocycles. The summed E-state index contributed by atoms with van der Waals surface area (Å²) in [5.41, 5.74) is -0.164. The first-order valence-electron chi connectivity index (χ1n) is 11.1. The fourth-order valence-electron chi connectivity index (χ4n) is 3.53. The van der Waals surface area contributed by atoms with Crippen molar-refractivity contribution in [2.45, 2.75) is 11.9 Å². The van der Waals surface area contributed by atoms with Crippen LogP contribution in [0.25, 0.3) is 22.4 Å². The molecule has 13 heteroatoms. The number of non-ortho nitro benzene ring substituents is 1. The van der Waals surface area contributed by atoms with Gasteiger partial charge in [-0.1, -0.05) is 11.8 Å². The number of benzene rings is 2. The Morgan fingerprint density at radius 3 is 2.35 bits per heavy atom. The molecule has 0 spiro atoms. The van der Waals surface area contributed by atoms with E-state index in [4.69, 9.17) is 4.74 Å². The van der Waals surface area contributed by atoms with E-state index < -0.39 is 16.2 Å². The highest BCUT2D eigenvalue weighted by atomic mass is 32.2. The van der Waals surface area contributed by atoms with Crippen LogP contribution in [-0.2, 0) is 18.9 Å². The number of carbonyl (C=O) groups excluding carboxylic acids is 1. The van der Waals surface area contributed by atoms with Crippen LogP contribution < -0.4 is 21.3 Å². The van der Waals surface area contributed by atoms with Gasteiger partial charge in [-0.25, -0.2) is 14.8 Å². The monoisotopic (exact) mass is 522 g/mol. The predicted octanol–water partition coefficient (Wildman–Crippen LogP) is 2.73. The van der Waals surface area contributed by atoms with Crippen LogP contribution in [0, 0.1) is 10.1 Å². The van der Waals surface area contributed by atoms with Crippen molar-refractivity contribution >= 4 is 40.1 Å². The molecule has 2 aromatic carbocycles. The van der Waals surface area contributed by atoms with Crippen LogP contribution >= 0.6 is 11.8 Å². The molecule has 2 aromatic heterocycles. The number of fused-ring (bicyclic) bond motifs is 1. The zero-order valence-corrected chi connectivity index (χ0v) is 20.9. The zero-order valence-electron chi connectivity index (χ0n) is 20.1. The van der Waals surface area contributed by atoms with Gasteiger partial charge in [-0.3, -0.25) is 28.8 Å².